The topological polar surface area (TPSA) is 125 Å². The Morgan fingerprint density at radius 3 is 1.55 bits per heavy atom. The lowest BCUT2D eigenvalue weighted by Crippen LogP contribution is -2.36. The maximum Gasteiger partial charge on any atom is 0.251 e. The molecule has 8 rings (SSSR count). The van der Waals surface area contributed by atoms with Crippen LogP contribution in [0.1, 0.15) is 188 Å². The number of nitrogens with zero attached hydrogens (tertiary/aromatic N) is 1. The molecule has 0 saturated heterocycles. The fourth-order valence-electron chi connectivity index (χ4n) is 10.3. The van der Waals surface area contributed by atoms with Gasteiger partial charge in [0.15, 0.2) is 0 Å². The van der Waals surface area contributed by atoms with E-state index >= 15 is 0 Å². The van der Waals surface area contributed by atoms with Crippen LogP contribution in [0, 0.1) is 37.5 Å². The van der Waals surface area contributed by atoms with Crippen molar-refractivity contribution >= 4 is 17.5 Å². The Hall–Kier alpha value is -7.10. The zero-order valence-corrected chi connectivity index (χ0v) is 46.3. The number of amides is 2. The number of hydrogen-bond donors (Lipinski definition) is 4. The normalized spacial score (nSPS) is 16.1. The number of nitrogens with two attached hydrogens (primary N) is 1. The van der Waals surface area contributed by atoms with Crippen molar-refractivity contribution in [2.75, 3.05) is 18.5 Å². The van der Waals surface area contributed by atoms with Crippen LogP contribution in [0.5, 0.6) is 5.75 Å². The molecule has 2 unspecified atom stereocenters. The van der Waals surface area contributed by atoms with Gasteiger partial charge in [-0.2, -0.15) is 0 Å². The van der Waals surface area contributed by atoms with E-state index in [1.165, 1.54) is 38.9 Å². The molecule has 0 aromatic heterocycles. The zero-order valence-electron chi connectivity index (χ0n) is 46.3. The van der Waals surface area contributed by atoms with E-state index in [2.05, 4.69) is 177 Å². The SMILES string of the molecule is CCNC(=O)c1ccc(C#CC(O)c2cc(N(C)Cc3ccc(C)cc3)c3c(c2)C(C)(C)CCC3(C)C)cc1.Cc1ccc(COc2cc(C(O)C#Cc3ccc(C(N)=O)cc3)cc3c2C(C)(C)CCC3(C)C)cc1. The van der Waals surface area contributed by atoms with Crippen molar-refractivity contribution in [1.82, 2.24) is 5.32 Å². The number of carbonyl (C=O) groups excluding carboxylic acids is 2. The molecule has 75 heavy (non-hydrogen) atoms. The average Bonchev–Trinajstić information content (AvgIpc) is 3.38. The van der Waals surface area contributed by atoms with Gasteiger partial charge in [0, 0.05) is 53.6 Å². The molecule has 0 aliphatic heterocycles. The molecule has 390 valence electrons. The van der Waals surface area contributed by atoms with Gasteiger partial charge >= 0.3 is 0 Å². The minimum atomic E-state index is -0.978. The van der Waals surface area contributed by atoms with Crippen molar-refractivity contribution in [3.63, 3.8) is 0 Å². The predicted molar refractivity (Wildman–Crippen MR) is 305 cm³/mol. The summed E-state index contributed by atoms with van der Waals surface area (Å²) < 4.78 is 6.45. The zero-order chi connectivity index (χ0) is 54.5. The lowest BCUT2D eigenvalue weighted by Gasteiger charge is -2.44. The van der Waals surface area contributed by atoms with Crippen LogP contribution in [-0.4, -0.2) is 35.6 Å². The van der Waals surface area contributed by atoms with Crippen LogP contribution < -0.4 is 20.7 Å². The van der Waals surface area contributed by atoms with Crippen LogP contribution in [0.2, 0.25) is 0 Å². The molecule has 2 amide bonds. The van der Waals surface area contributed by atoms with E-state index in [9.17, 15) is 19.8 Å². The smallest absolute Gasteiger partial charge is 0.251 e. The lowest BCUT2D eigenvalue weighted by atomic mass is 9.62. The number of rotatable bonds is 11. The Morgan fingerprint density at radius 1 is 0.613 bits per heavy atom. The van der Waals surface area contributed by atoms with E-state index in [0.29, 0.717) is 29.8 Å². The molecule has 2 aliphatic rings. The number of hydrogen-bond acceptors (Lipinski definition) is 6. The van der Waals surface area contributed by atoms with Crippen LogP contribution >= 0.6 is 0 Å². The van der Waals surface area contributed by atoms with Crippen molar-refractivity contribution in [2.24, 2.45) is 5.73 Å². The number of anilines is 1. The summed E-state index contributed by atoms with van der Waals surface area (Å²) in [7, 11) is 2.14. The average molecular weight is 1000 g/mol. The second-order valence-electron chi connectivity index (χ2n) is 23.3. The molecule has 5 N–H and O–H groups in total. The molecule has 6 aromatic carbocycles. The highest BCUT2D eigenvalue weighted by atomic mass is 16.5. The first-order chi connectivity index (χ1) is 35.4. The molecule has 2 atom stereocenters. The summed E-state index contributed by atoms with van der Waals surface area (Å²) in [5.41, 5.74) is 20.4. The third kappa shape index (κ3) is 13.4. The third-order valence-electron chi connectivity index (χ3n) is 15.3. The minimum Gasteiger partial charge on any atom is -0.489 e. The van der Waals surface area contributed by atoms with Crippen molar-refractivity contribution in [2.45, 2.75) is 149 Å². The van der Waals surface area contributed by atoms with Crippen molar-refractivity contribution in [3.05, 3.63) is 199 Å². The Morgan fingerprint density at radius 2 is 1.05 bits per heavy atom. The molecule has 0 spiro atoms. The molecule has 0 saturated carbocycles. The molecule has 0 fully saturated rings. The number of aryl methyl sites for hydroxylation is 2. The fraction of sp³-hybridized carbons (Fsp3) is 0.373. The second kappa shape index (κ2) is 22.8. The van der Waals surface area contributed by atoms with Crippen molar-refractivity contribution in [3.8, 4) is 29.4 Å². The Balaban J connectivity index is 0.000000219. The minimum absolute atomic E-state index is 0.00234. The van der Waals surface area contributed by atoms with Gasteiger partial charge in [-0.1, -0.05) is 151 Å². The summed E-state index contributed by atoms with van der Waals surface area (Å²) in [4.78, 5) is 25.7. The Bertz CT molecular complexity index is 3140. The van der Waals surface area contributed by atoms with Gasteiger partial charge < -0.3 is 30.9 Å². The maximum atomic E-state index is 12.0. The van der Waals surface area contributed by atoms with E-state index in [4.69, 9.17) is 10.5 Å². The maximum absolute atomic E-state index is 12.0. The number of benzene rings is 6. The molecular weight excluding hydrogens is 927 g/mol. The van der Waals surface area contributed by atoms with Crippen LogP contribution in [0.25, 0.3) is 0 Å². The van der Waals surface area contributed by atoms with Crippen molar-refractivity contribution < 1.29 is 24.5 Å². The van der Waals surface area contributed by atoms with E-state index in [1.54, 1.807) is 36.4 Å². The molecular formula is C67H77N3O5. The van der Waals surface area contributed by atoms with Gasteiger partial charge in [-0.25, -0.2) is 0 Å². The first kappa shape index (κ1) is 55.6. The summed E-state index contributed by atoms with van der Waals surface area (Å²) in [6.45, 7) is 26.3. The Labute approximate surface area is 447 Å². The molecule has 0 heterocycles. The Kier molecular flexibility index (Phi) is 16.9. The number of aliphatic hydroxyl groups excluding tert-OH is 2. The van der Waals surface area contributed by atoms with Crippen LogP contribution in [0.4, 0.5) is 5.69 Å². The molecule has 0 bridgehead atoms. The van der Waals surface area contributed by atoms with Gasteiger partial charge in [-0.3, -0.25) is 9.59 Å². The van der Waals surface area contributed by atoms with Gasteiger partial charge in [0.2, 0.25) is 5.91 Å². The standard InChI is InChI=1S/C35H42N2O2.C32H35NO3/c1-8-36-33(39)27-16-13-25(14-17-27)15-18-31(38)28-21-29-32(35(5,6)20-19-34(29,3)4)30(22-28)37(7)23-26-11-9-24(2)10-12-26;1-21-6-8-23(9-7-21)20-36-28-19-25(18-26-29(28)32(4,5)17-16-31(26,2)3)27(34)15-12-22-10-13-24(14-11-22)30(33)35/h9-14,16-17,21-22,31,38H,8,19-20,23H2,1-7H3,(H,36,39);6-11,13-14,18-19,27,34H,16-17,20H2,1-5H3,(H2,33,35). The first-order valence-corrected chi connectivity index (χ1v) is 26.4. The number of primary amides is 1. The molecule has 6 aromatic rings. The summed E-state index contributed by atoms with van der Waals surface area (Å²) in [5.74, 6) is 12.4. The molecule has 8 nitrogen and oxygen atoms in total. The third-order valence-corrected chi connectivity index (χ3v) is 15.3. The van der Waals surface area contributed by atoms with Gasteiger partial charge in [0.25, 0.3) is 5.91 Å². The van der Waals surface area contributed by atoms with E-state index in [-0.39, 0.29) is 27.6 Å². The predicted octanol–water partition coefficient (Wildman–Crippen LogP) is 12.9. The molecule has 2 aliphatic carbocycles. The van der Waals surface area contributed by atoms with Gasteiger partial charge in [0.1, 0.15) is 24.6 Å². The lowest BCUT2D eigenvalue weighted by molar-refractivity contribution is 0.0954. The highest BCUT2D eigenvalue weighted by Gasteiger charge is 2.41. The first-order valence-electron chi connectivity index (χ1n) is 26.4. The summed E-state index contributed by atoms with van der Waals surface area (Å²) in [6, 6.07) is 39.3. The van der Waals surface area contributed by atoms with Gasteiger partial charge in [0.05, 0.1) is 0 Å². The largest absolute Gasteiger partial charge is 0.489 e. The second-order valence-corrected chi connectivity index (χ2v) is 23.3. The summed E-state index contributed by atoms with van der Waals surface area (Å²) >= 11 is 0. The monoisotopic (exact) mass is 1000 g/mol. The number of aliphatic hydroxyl groups is 2. The number of nitrogens with one attached hydrogen (secondary N) is 1. The van der Waals surface area contributed by atoms with Gasteiger partial charge in [-0.05, 0) is 168 Å². The number of carbonyl (C=O) groups is 2. The number of fused-ring (bicyclic) bond motifs is 2. The van der Waals surface area contributed by atoms with Crippen LogP contribution in [-0.2, 0) is 34.8 Å². The number of ether oxygens (including phenoxy) is 1. The highest BCUT2D eigenvalue weighted by molar-refractivity contribution is 5.94. The summed E-state index contributed by atoms with van der Waals surface area (Å²) in [6.07, 6.45) is 2.43. The van der Waals surface area contributed by atoms with Crippen molar-refractivity contribution in [1.29, 1.82) is 0 Å². The quantitative estimate of drug-likeness (QED) is 0.0958. The van der Waals surface area contributed by atoms with Gasteiger partial charge in [-0.15, -0.1) is 0 Å². The molecule has 8 heteroatoms. The fourth-order valence-corrected chi connectivity index (χ4v) is 10.3. The molecule has 0 radical (unpaired) electrons. The summed E-state index contributed by atoms with van der Waals surface area (Å²) in [5, 5.41) is 25.1. The van der Waals surface area contributed by atoms with E-state index in [1.807, 2.05) is 25.1 Å². The van der Waals surface area contributed by atoms with Crippen LogP contribution in [0.3, 0.4) is 0 Å². The van der Waals surface area contributed by atoms with E-state index < -0.39 is 18.1 Å². The highest BCUT2D eigenvalue weighted by Crippen LogP contribution is 2.52. The van der Waals surface area contributed by atoms with Crippen LogP contribution in [0.15, 0.2) is 121 Å². The van der Waals surface area contributed by atoms with E-state index in [0.717, 1.165) is 65.9 Å².